The maximum Gasteiger partial charge on any atom is 0.337 e. The zero-order valence-electron chi connectivity index (χ0n) is 12.2. The first-order valence-electron chi connectivity index (χ1n) is 6.98. The molecular formula is C17H16N2O3. The Kier molecular flexibility index (Phi) is 3.89. The molecule has 5 nitrogen and oxygen atoms in total. The number of aromatic nitrogens is 2. The molecule has 22 heavy (non-hydrogen) atoms. The molecule has 0 bridgehead atoms. The van der Waals surface area contributed by atoms with Crippen molar-refractivity contribution in [1.82, 2.24) is 9.55 Å². The van der Waals surface area contributed by atoms with E-state index in [1.54, 1.807) is 19.5 Å². The van der Waals surface area contributed by atoms with Gasteiger partial charge in [0.1, 0.15) is 0 Å². The summed E-state index contributed by atoms with van der Waals surface area (Å²) in [6.45, 7) is 1.13. The van der Waals surface area contributed by atoms with Crippen LogP contribution in [0.3, 0.4) is 0 Å². The number of carboxylic acid groups (broad SMARTS) is 1. The van der Waals surface area contributed by atoms with Crippen molar-refractivity contribution in [3.8, 4) is 11.3 Å². The molecule has 0 saturated carbocycles. The molecule has 0 fully saturated rings. The third-order valence-corrected chi connectivity index (χ3v) is 3.61. The van der Waals surface area contributed by atoms with Crippen molar-refractivity contribution in [1.29, 1.82) is 0 Å². The van der Waals surface area contributed by atoms with Crippen LogP contribution in [0.1, 0.15) is 10.4 Å². The van der Waals surface area contributed by atoms with E-state index in [-0.39, 0.29) is 5.56 Å². The van der Waals surface area contributed by atoms with Crippen molar-refractivity contribution < 1.29 is 14.6 Å². The summed E-state index contributed by atoms with van der Waals surface area (Å²) in [6.07, 6.45) is 3.37. The zero-order valence-corrected chi connectivity index (χ0v) is 12.2. The molecule has 2 heterocycles. The number of rotatable bonds is 5. The molecule has 0 aliphatic carbocycles. The number of carboxylic acids is 1. The van der Waals surface area contributed by atoms with Gasteiger partial charge in [0, 0.05) is 42.5 Å². The third-order valence-electron chi connectivity index (χ3n) is 3.61. The number of pyridine rings is 1. The minimum absolute atomic E-state index is 0.285. The van der Waals surface area contributed by atoms with Gasteiger partial charge >= 0.3 is 5.97 Å². The van der Waals surface area contributed by atoms with Crippen molar-refractivity contribution in [3.63, 3.8) is 0 Å². The van der Waals surface area contributed by atoms with Gasteiger partial charge in [-0.15, -0.1) is 0 Å². The maximum atomic E-state index is 11.6. The number of benzene rings is 1. The number of hydrogen-bond acceptors (Lipinski definition) is 3. The summed E-state index contributed by atoms with van der Waals surface area (Å²) < 4.78 is 7.01. The highest BCUT2D eigenvalue weighted by Gasteiger charge is 2.18. The van der Waals surface area contributed by atoms with E-state index in [2.05, 4.69) is 4.98 Å². The first-order chi connectivity index (χ1) is 10.7. The molecule has 5 heteroatoms. The molecule has 0 spiro atoms. The second-order valence-corrected chi connectivity index (χ2v) is 4.95. The van der Waals surface area contributed by atoms with Crippen LogP contribution in [0.5, 0.6) is 0 Å². The van der Waals surface area contributed by atoms with Crippen molar-refractivity contribution in [3.05, 3.63) is 54.4 Å². The lowest BCUT2D eigenvalue weighted by atomic mass is 10.0. The highest BCUT2D eigenvalue weighted by molar-refractivity contribution is 6.09. The normalized spacial score (nSPS) is 11.0. The molecule has 1 N–H and O–H groups in total. The van der Waals surface area contributed by atoms with Crippen LogP contribution in [-0.2, 0) is 11.3 Å². The molecule has 0 atom stereocenters. The number of fused-ring (bicyclic) bond motifs is 1. The highest BCUT2D eigenvalue weighted by atomic mass is 16.5. The standard InChI is InChI=1S/C17H16N2O3/c1-22-10-9-19-11-13(17(20)21)16-12(5-4-7-15(16)19)14-6-2-3-8-18-14/h2-8,11H,9-10H2,1H3,(H,20,21). The summed E-state index contributed by atoms with van der Waals surface area (Å²) in [5.41, 5.74) is 2.75. The van der Waals surface area contributed by atoms with Gasteiger partial charge in [0.25, 0.3) is 0 Å². The number of aromatic carboxylic acids is 1. The molecule has 1 aromatic carbocycles. The first kappa shape index (κ1) is 14.3. The van der Waals surface area contributed by atoms with Gasteiger partial charge in [-0.1, -0.05) is 18.2 Å². The summed E-state index contributed by atoms with van der Waals surface area (Å²) in [5, 5.41) is 10.2. The molecule has 0 amide bonds. The molecule has 0 radical (unpaired) electrons. The fourth-order valence-electron chi connectivity index (χ4n) is 2.62. The Morgan fingerprint density at radius 2 is 2.14 bits per heavy atom. The third kappa shape index (κ3) is 2.46. The second-order valence-electron chi connectivity index (χ2n) is 4.95. The van der Waals surface area contributed by atoms with Crippen LogP contribution in [-0.4, -0.2) is 34.3 Å². The van der Waals surface area contributed by atoms with Gasteiger partial charge in [0.2, 0.25) is 0 Å². The predicted molar refractivity (Wildman–Crippen MR) is 84.0 cm³/mol. The minimum atomic E-state index is -0.940. The van der Waals surface area contributed by atoms with Gasteiger partial charge < -0.3 is 14.4 Å². The molecule has 0 aliphatic rings. The monoisotopic (exact) mass is 296 g/mol. The first-order valence-corrected chi connectivity index (χ1v) is 6.98. The van der Waals surface area contributed by atoms with Crippen LogP contribution >= 0.6 is 0 Å². The van der Waals surface area contributed by atoms with E-state index in [1.807, 2.05) is 41.0 Å². The van der Waals surface area contributed by atoms with E-state index in [1.165, 1.54) is 0 Å². The van der Waals surface area contributed by atoms with Gasteiger partial charge in [-0.25, -0.2) is 4.79 Å². The maximum absolute atomic E-state index is 11.6. The number of ether oxygens (including phenoxy) is 1. The van der Waals surface area contributed by atoms with E-state index < -0.39 is 5.97 Å². The molecule has 0 saturated heterocycles. The van der Waals surface area contributed by atoms with Crippen LogP contribution in [0.4, 0.5) is 0 Å². The van der Waals surface area contributed by atoms with Crippen LogP contribution in [0.25, 0.3) is 22.2 Å². The van der Waals surface area contributed by atoms with Gasteiger partial charge in [-0.3, -0.25) is 4.98 Å². The summed E-state index contributed by atoms with van der Waals surface area (Å²) in [5.74, 6) is -0.940. The molecule has 0 unspecified atom stereocenters. The van der Waals surface area contributed by atoms with Crippen molar-refractivity contribution in [2.24, 2.45) is 0 Å². The number of nitrogens with zero attached hydrogens (tertiary/aromatic N) is 2. The lowest BCUT2D eigenvalue weighted by Gasteiger charge is -2.06. The largest absolute Gasteiger partial charge is 0.478 e. The summed E-state index contributed by atoms with van der Waals surface area (Å²) in [7, 11) is 1.63. The predicted octanol–water partition coefficient (Wildman–Crippen LogP) is 3.05. The topological polar surface area (TPSA) is 64.3 Å². The molecule has 112 valence electrons. The van der Waals surface area contributed by atoms with Crippen LogP contribution in [0.2, 0.25) is 0 Å². The van der Waals surface area contributed by atoms with E-state index in [0.29, 0.717) is 18.5 Å². The second kappa shape index (κ2) is 5.99. The lowest BCUT2D eigenvalue weighted by Crippen LogP contribution is -2.02. The molecule has 0 aliphatic heterocycles. The lowest BCUT2D eigenvalue weighted by molar-refractivity contribution is 0.0698. The van der Waals surface area contributed by atoms with Crippen molar-refractivity contribution in [2.75, 3.05) is 13.7 Å². The Bertz CT molecular complexity index is 809. The van der Waals surface area contributed by atoms with E-state index in [0.717, 1.165) is 16.8 Å². The Labute approximate surface area is 127 Å². The smallest absolute Gasteiger partial charge is 0.337 e. The molecule has 2 aromatic heterocycles. The van der Waals surface area contributed by atoms with Crippen molar-refractivity contribution >= 4 is 16.9 Å². The summed E-state index contributed by atoms with van der Waals surface area (Å²) >= 11 is 0. The average Bonchev–Trinajstić information content (AvgIpc) is 2.93. The van der Waals surface area contributed by atoms with Crippen LogP contribution < -0.4 is 0 Å². The molecule has 3 rings (SSSR count). The van der Waals surface area contributed by atoms with Gasteiger partial charge in [-0.2, -0.15) is 0 Å². The van der Waals surface area contributed by atoms with E-state index in [4.69, 9.17) is 4.74 Å². The minimum Gasteiger partial charge on any atom is -0.478 e. The van der Waals surface area contributed by atoms with E-state index in [9.17, 15) is 9.90 Å². The summed E-state index contributed by atoms with van der Waals surface area (Å²) in [6, 6.07) is 11.4. The molecule has 3 aromatic rings. The Morgan fingerprint density at radius 1 is 1.27 bits per heavy atom. The Morgan fingerprint density at radius 3 is 2.82 bits per heavy atom. The van der Waals surface area contributed by atoms with E-state index >= 15 is 0 Å². The summed E-state index contributed by atoms with van der Waals surface area (Å²) in [4.78, 5) is 16.0. The van der Waals surface area contributed by atoms with Gasteiger partial charge in [0.05, 0.1) is 17.9 Å². The SMILES string of the molecule is COCCn1cc(C(=O)O)c2c(-c3ccccn3)cccc21. The fourth-order valence-corrected chi connectivity index (χ4v) is 2.62. The number of carbonyl (C=O) groups is 1. The molecular weight excluding hydrogens is 280 g/mol. The number of hydrogen-bond donors (Lipinski definition) is 1. The van der Waals surface area contributed by atoms with Crippen molar-refractivity contribution in [2.45, 2.75) is 6.54 Å². The zero-order chi connectivity index (χ0) is 15.5. The van der Waals surface area contributed by atoms with Gasteiger partial charge in [-0.05, 0) is 18.2 Å². The number of methoxy groups -OCH3 is 1. The van der Waals surface area contributed by atoms with Gasteiger partial charge in [0.15, 0.2) is 0 Å². The van der Waals surface area contributed by atoms with Crippen LogP contribution in [0, 0.1) is 0 Å². The van der Waals surface area contributed by atoms with Crippen LogP contribution in [0.15, 0.2) is 48.8 Å². The fraction of sp³-hybridized carbons (Fsp3) is 0.176. The average molecular weight is 296 g/mol. The highest BCUT2D eigenvalue weighted by Crippen LogP contribution is 2.31. The quantitative estimate of drug-likeness (QED) is 0.786. The Hall–Kier alpha value is -2.66. The Balaban J connectivity index is 2.26.